The molecular formula is C25H36N2O4. The number of aliphatic hydroxyl groups excluding tert-OH is 2. The number of benzene rings is 2. The summed E-state index contributed by atoms with van der Waals surface area (Å²) in [5, 5.41) is 23.4. The van der Waals surface area contributed by atoms with Crippen molar-refractivity contribution in [2.45, 2.75) is 44.4 Å². The standard InChI is InChI=1S/C25H36N2O4/c1-30-25-16-21(17-26-13-5-8-20-6-3-2-4-7-20)9-10-24(25)31-19-23(29)18-27-14-11-22(28)12-15-27/h2-4,6-7,9-10,16,22-23,26,28-29H,5,8,11-15,17-19H2,1H3. The minimum Gasteiger partial charge on any atom is -0.493 e. The van der Waals surface area contributed by atoms with Gasteiger partial charge >= 0.3 is 0 Å². The van der Waals surface area contributed by atoms with Crippen molar-refractivity contribution in [2.24, 2.45) is 0 Å². The molecule has 1 unspecified atom stereocenters. The number of aryl methyl sites for hydroxylation is 1. The van der Waals surface area contributed by atoms with Crippen LogP contribution in [-0.2, 0) is 13.0 Å². The van der Waals surface area contributed by atoms with Crippen LogP contribution in [0.15, 0.2) is 48.5 Å². The van der Waals surface area contributed by atoms with Gasteiger partial charge in [-0.05, 0) is 55.5 Å². The molecule has 1 fully saturated rings. The third-order valence-electron chi connectivity index (χ3n) is 5.68. The number of aliphatic hydroxyl groups is 2. The lowest BCUT2D eigenvalue weighted by Gasteiger charge is -2.30. The summed E-state index contributed by atoms with van der Waals surface area (Å²) in [6.45, 7) is 4.12. The molecule has 3 rings (SSSR count). The summed E-state index contributed by atoms with van der Waals surface area (Å²) in [6.07, 6.45) is 2.92. The molecule has 1 saturated heterocycles. The van der Waals surface area contributed by atoms with Crippen LogP contribution in [0, 0.1) is 0 Å². The fraction of sp³-hybridized carbons (Fsp3) is 0.520. The molecule has 0 aromatic heterocycles. The summed E-state index contributed by atoms with van der Waals surface area (Å²) < 4.78 is 11.3. The van der Waals surface area contributed by atoms with Crippen molar-refractivity contribution >= 4 is 0 Å². The Balaban J connectivity index is 1.38. The van der Waals surface area contributed by atoms with Gasteiger partial charge in [-0.2, -0.15) is 0 Å². The molecule has 0 saturated carbocycles. The monoisotopic (exact) mass is 428 g/mol. The van der Waals surface area contributed by atoms with Gasteiger partial charge in [-0.3, -0.25) is 0 Å². The molecule has 0 bridgehead atoms. The molecule has 6 heteroatoms. The van der Waals surface area contributed by atoms with Crippen LogP contribution in [0.1, 0.15) is 30.4 Å². The van der Waals surface area contributed by atoms with E-state index in [0.29, 0.717) is 18.0 Å². The van der Waals surface area contributed by atoms with E-state index in [2.05, 4.69) is 34.5 Å². The molecule has 0 radical (unpaired) electrons. The van der Waals surface area contributed by atoms with Gasteiger partial charge in [0, 0.05) is 26.2 Å². The topological polar surface area (TPSA) is 74.2 Å². The van der Waals surface area contributed by atoms with Crippen LogP contribution in [-0.4, -0.2) is 67.2 Å². The van der Waals surface area contributed by atoms with E-state index < -0.39 is 6.10 Å². The summed E-state index contributed by atoms with van der Waals surface area (Å²) in [4.78, 5) is 2.17. The SMILES string of the molecule is COc1cc(CNCCCc2ccccc2)ccc1OCC(O)CN1CCC(O)CC1. The van der Waals surface area contributed by atoms with Crippen LogP contribution in [0.4, 0.5) is 0 Å². The summed E-state index contributed by atoms with van der Waals surface area (Å²) in [7, 11) is 1.63. The minimum atomic E-state index is -0.578. The maximum atomic E-state index is 10.3. The van der Waals surface area contributed by atoms with Gasteiger partial charge in [0.2, 0.25) is 0 Å². The number of nitrogens with zero attached hydrogens (tertiary/aromatic N) is 1. The van der Waals surface area contributed by atoms with Crippen molar-refractivity contribution in [3.8, 4) is 11.5 Å². The van der Waals surface area contributed by atoms with Crippen molar-refractivity contribution < 1.29 is 19.7 Å². The van der Waals surface area contributed by atoms with E-state index in [1.807, 2.05) is 24.3 Å². The molecule has 2 aromatic carbocycles. The van der Waals surface area contributed by atoms with Crippen LogP contribution in [0.25, 0.3) is 0 Å². The first-order valence-electron chi connectivity index (χ1n) is 11.3. The smallest absolute Gasteiger partial charge is 0.161 e. The second-order valence-electron chi connectivity index (χ2n) is 8.25. The first-order chi connectivity index (χ1) is 15.1. The zero-order chi connectivity index (χ0) is 21.9. The van der Waals surface area contributed by atoms with Crippen molar-refractivity contribution in [3.63, 3.8) is 0 Å². The summed E-state index contributed by atoms with van der Waals surface area (Å²) in [5.74, 6) is 1.32. The van der Waals surface area contributed by atoms with Gasteiger partial charge in [0.1, 0.15) is 12.7 Å². The van der Waals surface area contributed by atoms with E-state index in [0.717, 1.165) is 57.4 Å². The lowest BCUT2D eigenvalue weighted by atomic mass is 10.1. The second-order valence-corrected chi connectivity index (χ2v) is 8.25. The van der Waals surface area contributed by atoms with Gasteiger partial charge < -0.3 is 29.9 Å². The van der Waals surface area contributed by atoms with Gasteiger partial charge in [0.15, 0.2) is 11.5 Å². The number of hydrogen-bond acceptors (Lipinski definition) is 6. The average molecular weight is 429 g/mol. The Hall–Kier alpha value is -2.12. The summed E-state index contributed by atoms with van der Waals surface area (Å²) in [6, 6.07) is 16.5. The van der Waals surface area contributed by atoms with E-state index in [1.165, 1.54) is 5.56 Å². The number of piperidine rings is 1. The Kier molecular flexibility index (Phi) is 9.62. The number of ether oxygens (including phenoxy) is 2. The number of rotatable bonds is 12. The Bertz CT molecular complexity index is 763. The van der Waals surface area contributed by atoms with E-state index >= 15 is 0 Å². The largest absolute Gasteiger partial charge is 0.493 e. The molecular weight excluding hydrogens is 392 g/mol. The van der Waals surface area contributed by atoms with Gasteiger partial charge in [-0.15, -0.1) is 0 Å². The molecule has 170 valence electrons. The Morgan fingerprint density at radius 1 is 1.06 bits per heavy atom. The fourth-order valence-corrected chi connectivity index (χ4v) is 3.87. The van der Waals surface area contributed by atoms with Crippen LogP contribution < -0.4 is 14.8 Å². The van der Waals surface area contributed by atoms with Crippen LogP contribution in [0.2, 0.25) is 0 Å². The first-order valence-corrected chi connectivity index (χ1v) is 11.3. The highest BCUT2D eigenvalue weighted by molar-refractivity contribution is 5.43. The highest BCUT2D eigenvalue weighted by Crippen LogP contribution is 2.28. The lowest BCUT2D eigenvalue weighted by molar-refractivity contribution is 0.0333. The van der Waals surface area contributed by atoms with Gasteiger partial charge in [0.05, 0.1) is 13.2 Å². The zero-order valence-corrected chi connectivity index (χ0v) is 18.5. The maximum Gasteiger partial charge on any atom is 0.161 e. The van der Waals surface area contributed by atoms with Crippen molar-refractivity contribution in [1.29, 1.82) is 0 Å². The third kappa shape index (κ3) is 8.15. The molecule has 1 aliphatic rings. The fourth-order valence-electron chi connectivity index (χ4n) is 3.87. The summed E-state index contributed by atoms with van der Waals surface area (Å²) in [5.41, 5.74) is 2.50. The van der Waals surface area contributed by atoms with E-state index in [9.17, 15) is 10.2 Å². The van der Waals surface area contributed by atoms with E-state index in [4.69, 9.17) is 9.47 Å². The molecule has 2 aromatic rings. The van der Waals surface area contributed by atoms with Crippen molar-refractivity contribution in [2.75, 3.05) is 39.9 Å². The predicted octanol–water partition coefficient (Wildman–Crippen LogP) is 2.61. The molecule has 0 amide bonds. The predicted molar refractivity (Wildman–Crippen MR) is 123 cm³/mol. The molecule has 0 aliphatic carbocycles. The number of nitrogens with one attached hydrogen (secondary N) is 1. The average Bonchev–Trinajstić information content (AvgIpc) is 2.80. The van der Waals surface area contributed by atoms with Crippen LogP contribution in [0.3, 0.4) is 0 Å². The van der Waals surface area contributed by atoms with Crippen molar-refractivity contribution in [1.82, 2.24) is 10.2 Å². The molecule has 0 spiro atoms. The van der Waals surface area contributed by atoms with E-state index in [-0.39, 0.29) is 12.7 Å². The van der Waals surface area contributed by atoms with Gasteiger partial charge in [-0.25, -0.2) is 0 Å². The molecule has 1 heterocycles. The Morgan fingerprint density at radius 2 is 1.84 bits per heavy atom. The number of likely N-dealkylation sites (tertiary alicyclic amines) is 1. The Labute approximate surface area is 185 Å². The molecule has 1 atom stereocenters. The zero-order valence-electron chi connectivity index (χ0n) is 18.5. The van der Waals surface area contributed by atoms with Crippen molar-refractivity contribution in [3.05, 3.63) is 59.7 Å². The number of hydrogen-bond donors (Lipinski definition) is 3. The highest BCUT2D eigenvalue weighted by Gasteiger charge is 2.20. The van der Waals surface area contributed by atoms with Gasteiger partial charge in [0.25, 0.3) is 0 Å². The number of methoxy groups -OCH3 is 1. The van der Waals surface area contributed by atoms with Gasteiger partial charge in [-0.1, -0.05) is 36.4 Å². The highest BCUT2D eigenvalue weighted by atomic mass is 16.5. The quantitative estimate of drug-likeness (QED) is 0.452. The third-order valence-corrected chi connectivity index (χ3v) is 5.68. The first kappa shape index (κ1) is 23.5. The lowest BCUT2D eigenvalue weighted by Crippen LogP contribution is -2.41. The normalized spacial score (nSPS) is 16.2. The minimum absolute atomic E-state index is 0.203. The molecule has 31 heavy (non-hydrogen) atoms. The van der Waals surface area contributed by atoms with E-state index in [1.54, 1.807) is 7.11 Å². The number of β-amino-alcohol motifs (C(OH)–C–C–N with tert-alkyl or cyclic N) is 1. The molecule has 1 aliphatic heterocycles. The van der Waals surface area contributed by atoms with Crippen LogP contribution >= 0.6 is 0 Å². The Morgan fingerprint density at radius 3 is 2.58 bits per heavy atom. The van der Waals surface area contributed by atoms with Crippen LogP contribution in [0.5, 0.6) is 11.5 Å². The molecule has 6 nitrogen and oxygen atoms in total. The molecule has 3 N–H and O–H groups in total. The maximum absolute atomic E-state index is 10.3. The second kappa shape index (κ2) is 12.7. The summed E-state index contributed by atoms with van der Waals surface area (Å²) >= 11 is 0.